The third-order valence-corrected chi connectivity index (χ3v) is 5.20. The molecule has 0 radical (unpaired) electrons. The summed E-state index contributed by atoms with van der Waals surface area (Å²) in [5.74, 6) is 0.183. The van der Waals surface area contributed by atoms with E-state index in [2.05, 4.69) is 11.0 Å². The highest BCUT2D eigenvalue weighted by molar-refractivity contribution is 5.31. The van der Waals surface area contributed by atoms with Gasteiger partial charge in [0.15, 0.2) is 0 Å². The molecule has 3 atom stereocenters. The van der Waals surface area contributed by atoms with E-state index < -0.39 is 5.60 Å². The number of likely N-dealkylation sites (tertiary alicyclic amines) is 1. The fourth-order valence-electron chi connectivity index (χ4n) is 3.80. The molecule has 22 heavy (non-hydrogen) atoms. The maximum atomic E-state index is 10.7. The van der Waals surface area contributed by atoms with Crippen molar-refractivity contribution in [3.63, 3.8) is 0 Å². The van der Waals surface area contributed by atoms with E-state index in [4.69, 9.17) is 10.00 Å². The number of aliphatic hydroxyl groups is 1. The molecule has 2 heterocycles. The van der Waals surface area contributed by atoms with Gasteiger partial charge >= 0.3 is 0 Å². The molecule has 1 aromatic rings. The first-order chi connectivity index (χ1) is 10.6. The number of rotatable bonds is 3. The molecule has 4 nitrogen and oxygen atoms in total. The molecule has 2 aliphatic rings. The van der Waals surface area contributed by atoms with Crippen LogP contribution in [0.3, 0.4) is 0 Å². The van der Waals surface area contributed by atoms with Gasteiger partial charge in [0, 0.05) is 25.1 Å². The molecule has 0 spiro atoms. The molecular formula is C18H24N2O2. The third-order valence-electron chi connectivity index (χ3n) is 5.20. The monoisotopic (exact) mass is 300 g/mol. The molecule has 2 saturated heterocycles. The lowest BCUT2D eigenvalue weighted by Crippen LogP contribution is -2.52. The van der Waals surface area contributed by atoms with Crippen molar-refractivity contribution in [2.75, 3.05) is 19.8 Å². The normalized spacial score (nSPS) is 32.8. The zero-order chi connectivity index (χ0) is 15.6. The Balaban J connectivity index is 1.71. The van der Waals surface area contributed by atoms with Crippen LogP contribution in [0.4, 0.5) is 0 Å². The van der Waals surface area contributed by atoms with Crippen molar-refractivity contribution in [1.82, 2.24) is 4.90 Å². The van der Waals surface area contributed by atoms with Gasteiger partial charge in [-0.2, -0.15) is 5.26 Å². The van der Waals surface area contributed by atoms with Gasteiger partial charge in [-0.05, 0) is 50.4 Å². The minimum absolute atomic E-state index is 0.183. The predicted octanol–water partition coefficient (Wildman–Crippen LogP) is 2.31. The highest BCUT2D eigenvalue weighted by Crippen LogP contribution is 2.36. The lowest BCUT2D eigenvalue weighted by molar-refractivity contribution is -0.123. The van der Waals surface area contributed by atoms with Crippen molar-refractivity contribution in [1.29, 1.82) is 5.26 Å². The van der Waals surface area contributed by atoms with Gasteiger partial charge in [0.05, 0.1) is 23.8 Å². The topological polar surface area (TPSA) is 56.5 Å². The van der Waals surface area contributed by atoms with E-state index in [0.29, 0.717) is 24.8 Å². The molecular weight excluding hydrogens is 276 g/mol. The Morgan fingerprint density at radius 1 is 1.41 bits per heavy atom. The van der Waals surface area contributed by atoms with Crippen molar-refractivity contribution in [3.05, 3.63) is 35.4 Å². The van der Waals surface area contributed by atoms with Crippen LogP contribution in [0.15, 0.2) is 24.3 Å². The molecule has 0 unspecified atom stereocenters. The van der Waals surface area contributed by atoms with Gasteiger partial charge < -0.3 is 9.84 Å². The highest BCUT2D eigenvalue weighted by atomic mass is 16.5. The number of nitriles is 1. The second-order valence-corrected chi connectivity index (χ2v) is 6.78. The van der Waals surface area contributed by atoms with Gasteiger partial charge in [0.25, 0.3) is 0 Å². The zero-order valence-electron chi connectivity index (χ0n) is 13.2. The van der Waals surface area contributed by atoms with Crippen molar-refractivity contribution in [2.45, 2.75) is 44.4 Å². The molecule has 2 fully saturated rings. The minimum atomic E-state index is -0.629. The van der Waals surface area contributed by atoms with Gasteiger partial charge in [0.1, 0.15) is 0 Å². The molecule has 0 aliphatic carbocycles. The minimum Gasteiger partial charge on any atom is -0.390 e. The van der Waals surface area contributed by atoms with E-state index in [1.165, 1.54) is 12.0 Å². The first-order valence-corrected chi connectivity index (χ1v) is 8.13. The standard InChI is InChI=1S/C18H24N2O2/c1-18(21)8-10-22-13-16(18)17-3-2-9-20(17)12-15-6-4-14(11-19)5-7-15/h4-7,16-17,21H,2-3,8-10,12-13H2,1H3/t16-,17-,18+/m1/s1. The maximum absolute atomic E-state index is 10.7. The molecule has 0 amide bonds. The van der Waals surface area contributed by atoms with Crippen LogP contribution in [0, 0.1) is 17.2 Å². The zero-order valence-corrected chi connectivity index (χ0v) is 13.2. The Hall–Kier alpha value is -1.41. The molecule has 1 N–H and O–H groups in total. The highest BCUT2D eigenvalue weighted by Gasteiger charge is 2.43. The quantitative estimate of drug-likeness (QED) is 0.930. The first-order valence-electron chi connectivity index (χ1n) is 8.13. The van der Waals surface area contributed by atoms with Crippen LogP contribution >= 0.6 is 0 Å². The smallest absolute Gasteiger partial charge is 0.0991 e. The van der Waals surface area contributed by atoms with Crippen molar-refractivity contribution in [2.24, 2.45) is 5.92 Å². The summed E-state index contributed by atoms with van der Waals surface area (Å²) in [5, 5.41) is 19.6. The van der Waals surface area contributed by atoms with Crippen LogP contribution in [0.25, 0.3) is 0 Å². The average molecular weight is 300 g/mol. The summed E-state index contributed by atoms with van der Waals surface area (Å²) in [7, 11) is 0. The second-order valence-electron chi connectivity index (χ2n) is 6.78. The summed E-state index contributed by atoms with van der Waals surface area (Å²) < 4.78 is 5.64. The molecule has 0 aromatic heterocycles. The summed E-state index contributed by atoms with van der Waals surface area (Å²) in [6.07, 6.45) is 3.02. The van der Waals surface area contributed by atoms with E-state index in [1.54, 1.807) is 0 Å². The summed E-state index contributed by atoms with van der Waals surface area (Å²) in [5.41, 5.74) is 1.29. The number of ether oxygens (including phenoxy) is 1. The second kappa shape index (κ2) is 6.37. The predicted molar refractivity (Wildman–Crippen MR) is 84.1 cm³/mol. The summed E-state index contributed by atoms with van der Waals surface area (Å²) in [6.45, 7) is 5.21. The van der Waals surface area contributed by atoms with Crippen LogP contribution in [0.2, 0.25) is 0 Å². The SMILES string of the molecule is C[C@]1(O)CCOC[C@@H]1[C@H]1CCCN1Cc1ccc(C#N)cc1. The molecule has 0 saturated carbocycles. The van der Waals surface area contributed by atoms with Crippen molar-refractivity contribution < 1.29 is 9.84 Å². The van der Waals surface area contributed by atoms with Gasteiger partial charge in [-0.15, -0.1) is 0 Å². The summed E-state index contributed by atoms with van der Waals surface area (Å²) >= 11 is 0. The van der Waals surface area contributed by atoms with Gasteiger partial charge in [0.2, 0.25) is 0 Å². The number of benzene rings is 1. The van der Waals surface area contributed by atoms with Crippen LogP contribution < -0.4 is 0 Å². The van der Waals surface area contributed by atoms with E-state index in [0.717, 1.165) is 25.9 Å². The fraction of sp³-hybridized carbons (Fsp3) is 0.611. The van der Waals surface area contributed by atoms with E-state index in [1.807, 2.05) is 31.2 Å². The maximum Gasteiger partial charge on any atom is 0.0991 e. The van der Waals surface area contributed by atoms with Crippen LogP contribution in [0.1, 0.15) is 37.3 Å². The van der Waals surface area contributed by atoms with Crippen LogP contribution in [-0.4, -0.2) is 41.4 Å². The summed E-state index contributed by atoms with van der Waals surface area (Å²) in [4.78, 5) is 2.47. The van der Waals surface area contributed by atoms with Gasteiger partial charge in [-0.3, -0.25) is 4.90 Å². The summed E-state index contributed by atoms with van der Waals surface area (Å²) in [6, 6.07) is 10.3. The van der Waals surface area contributed by atoms with Crippen LogP contribution in [-0.2, 0) is 11.3 Å². The molecule has 3 rings (SSSR count). The molecule has 2 aliphatic heterocycles. The largest absolute Gasteiger partial charge is 0.390 e. The average Bonchev–Trinajstić information content (AvgIpc) is 2.95. The van der Waals surface area contributed by atoms with Crippen molar-refractivity contribution in [3.8, 4) is 6.07 Å². The Morgan fingerprint density at radius 3 is 2.86 bits per heavy atom. The Kier molecular flexibility index (Phi) is 4.49. The molecule has 0 bridgehead atoms. The number of hydrogen-bond acceptors (Lipinski definition) is 4. The lowest BCUT2D eigenvalue weighted by atomic mass is 9.79. The lowest BCUT2D eigenvalue weighted by Gasteiger charge is -2.43. The Bertz CT molecular complexity index is 547. The molecule has 1 aromatic carbocycles. The van der Waals surface area contributed by atoms with Crippen LogP contribution in [0.5, 0.6) is 0 Å². The third kappa shape index (κ3) is 3.17. The Morgan fingerprint density at radius 2 is 2.18 bits per heavy atom. The van der Waals surface area contributed by atoms with E-state index in [-0.39, 0.29) is 5.92 Å². The van der Waals surface area contributed by atoms with E-state index in [9.17, 15) is 5.11 Å². The van der Waals surface area contributed by atoms with Gasteiger partial charge in [-0.25, -0.2) is 0 Å². The fourth-order valence-corrected chi connectivity index (χ4v) is 3.80. The van der Waals surface area contributed by atoms with E-state index >= 15 is 0 Å². The first kappa shape index (κ1) is 15.5. The Labute approximate surface area is 132 Å². The molecule has 118 valence electrons. The number of nitrogens with zero attached hydrogens (tertiary/aromatic N) is 2. The van der Waals surface area contributed by atoms with Crippen molar-refractivity contribution >= 4 is 0 Å². The van der Waals surface area contributed by atoms with Gasteiger partial charge in [-0.1, -0.05) is 12.1 Å². The number of hydrogen-bond donors (Lipinski definition) is 1. The molecule has 4 heteroatoms.